The van der Waals surface area contributed by atoms with Gasteiger partial charge >= 0.3 is 0 Å². The number of hydroxylamine groups is 1. The Labute approximate surface area is 164 Å². The Bertz CT molecular complexity index is 722. The third-order valence-electron chi connectivity index (χ3n) is 4.60. The van der Waals surface area contributed by atoms with E-state index in [9.17, 15) is 4.79 Å². The van der Waals surface area contributed by atoms with Crippen LogP contribution in [0.4, 0.5) is 0 Å². The van der Waals surface area contributed by atoms with Crippen LogP contribution >= 0.6 is 24.2 Å². The van der Waals surface area contributed by atoms with Crippen LogP contribution in [-0.4, -0.2) is 23.2 Å². The van der Waals surface area contributed by atoms with E-state index in [1.165, 1.54) is 16.7 Å². The predicted molar refractivity (Wildman–Crippen MR) is 107 cm³/mol. The van der Waals surface area contributed by atoms with Gasteiger partial charge in [0.15, 0.2) is 5.75 Å². The Morgan fingerprint density at radius 2 is 2.00 bits per heavy atom. The first-order chi connectivity index (χ1) is 12.2. The minimum absolute atomic E-state index is 0. The van der Waals surface area contributed by atoms with E-state index in [1.807, 2.05) is 12.1 Å². The molecule has 1 heterocycles. The molecule has 7 heteroatoms. The molecule has 1 aromatic heterocycles. The van der Waals surface area contributed by atoms with Crippen molar-refractivity contribution in [2.24, 2.45) is 5.73 Å². The largest absolute Gasteiger partial charge is 0.379 e. The zero-order valence-corrected chi connectivity index (χ0v) is 16.3. The van der Waals surface area contributed by atoms with Gasteiger partial charge in [-0.05, 0) is 62.1 Å². The highest BCUT2D eigenvalue weighted by Crippen LogP contribution is 2.41. The van der Waals surface area contributed by atoms with E-state index in [2.05, 4.69) is 22.8 Å². The Hall–Kier alpha value is -1.76. The zero-order valence-electron chi connectivity index (χ0n) is 14.7. The molecule has 26 heavy (non-hydrogen) atoms. The minimum atomic E-state index is -0.306. The van der Waals surface area contributed by atoms with Crippen molar-refractivity contribution in [1.29, 1.82) is 0 Å². The summed E-state index contributed by atoms with van der Waals surface area (Å²) in [4.78, 5) is 23.1. The maximum Gasteiger partial charge on any atom is 0.285 e. The van der Waals surface area contributed by atoms with Crippen LogP contribution in [0.3, 0.4) is 0 Å². The average molecular weight is 394 g/mol. The summed E-state index contributed by atoms with van der Waals surface area (Å²) in [6, 6.07) is 9.69. The van der Waals surface area contributed by atoms with Crippen LogP contribution in [0.2, 0.25) is 0 Å². The lowest BCUT2D eigenvalue weighted by molar-refractivity contribution is 0.0755. The van der Waals surface area contributed by atoms with Gasteiger partial charge in [0, 0.05) is 28.9 Å². The lowest BCUT2D eigenvalue weighted by Gasteiger charge is -2.28. The molecule has 2 aromatic rings. The van der Waals surface area contributed by atoms with Crippen molar-refractivity contribution in [3.8, 4) is 5.75 Å². The fourth-order valence-electron chi connectivity index (χ4n) is 3.26. The lowest BCUT2D eigenvalue weighted by atomic mass is 9.81. The van der Waals surface area contributed by atoms with Crippen molar-refractivity contribution >= 4 is 30.1 Å². The van der Waals surface area contributed by atoms with Gasteiger partial charge in [-0.15, -0.1) is 24.2 Å². The van der Waals surface area contributed by atoms with Gasteiger partial charge in [0.05, 0.1) is 5.56 Å². The highest BCUT2D eigenvalue weighted by atomic mass is 35.5. The van der Waals surface area contributed by atoms with Gasteiger partial charge in [-0.25, -0.2) is 0 Å². The Balaban J connectivity index is 0.00000243. The van der Waals surface area contributed by atoms with Crippen molar-refractivity contribution in [2.75, 3.05) is 6.26 Å². The minimum Gasteiger partial charge on any atom is -0.379 e. The van der Waals surface area contributed by atoms with Crippen molar-refractivity contribution in [3.05, 3.63) is 53.9 Å². The van der Waals surface area contributed by atoms with Gasteiger partial charge in [0.25, 0.3) is 5.91 Å². The van der Waals surface area contributed by atoms with Crippen molar-refractivity contribution in [1.82, 2.24) is 10.5 Å². The molecule has 140 valence electrons. The summed E-state index contributed by atoms with van der Waals surface area (Å²) in [5.74, 6) is 0.817. The first kappa shape index (κ1) is 20.6. The molecule has 3 N–H and O–H groups in total. The Morgan fingerprint density at radius 3 is 2.65 bits per heavy atom. The maximum absolute atomic E-state index is 12.2. The smallest absolute Gasteiger partial charge is 0.285 e. The van der Waals surface area contributed by atoms with Gasteiger partial charge < -0.3 is 10.6 Å². The SMILES string of the molecule is CSc1cccc(ONC(=O)c2cccnc2)c1C1CCC(N)CC1.Cl. The highest BCUT2D eigenvalue weighted by Gasteiger charge is 2.25. The van der Waals surface area contributed by atoms with E-state index in [1.54, 1.807) is 30.1 Å². The van der Waals surface area contributed by atoms with E-state index < -0.39 is 0 Å². The maximum atomic E-state index is 12.2. The molecular weight excluding hydrogens is 370 g/mol. The molecule has 0 radical (unpaired) electrons. The Morgan fingerprint density at radius 1 is 1.23 bits per heavy atom. The van der Waals surface area contributed by atoms with Crippen LogP contribution in [0.5, 0.6) is 5.75 Å². The second-order valence-electron chi connectivity index (χ2n) is 6.26. The number of thioether (sulfide) groups is 1. The summed E-state index contributed by atoms with van der Waals surface area (Å²) in [6.45, 7) is 0. The third-order valence-corrected chi connectivity index (χ3v) is 5.40. The predicted octanol–water partition coefficient (Wildman–Crippen LogP) is 3.93. The zero-order chi connectivity index (χ0) is 17.6. The van der Waals surface area contributed by atoms with Crippen molar-refractivity contribution < 1.29 is 9.63 Å². The first-order valence-electron chi connectivity index (χ1n) is 8.48. The molecule has 0 saturated heterocycles. The van der Waals surface area contributed by atoms with Gasteiger partial charge in [0.2, 0.25) is 0 Å². The van der Waals surface area contributed by atoms with Crippen LogP contribution in [0.1, 0.15) is 47.5 Å². The number of halogens is 1. The number of amides is 1. The van der Waals surface area contributed by atoms with Crippen LogP contribution < -0.4 is 16.1 Å². The summed E-state index contributed by atoms with van der Waals surface area (Å²) >= 11 is 1.70. The fourth-order valence-corrected chi connectivity index (χ4v) is 3.96. The van der Waals surface area contributed by atoms with E-state index in [4.69, 9.17) is 10.6 Å². The second kappa shape index (κ2) is 9.80. The first-order valence-corrected chi connectivity index (χ1v) is 9.71. The standard InChI is InChI=1S/C19H23N3O2S.ClH/c1-25-17-6-2-5-16(18(17)13-7-9-15(20)10-8-13)24-22-19(23)14-4-3-11-21-12-14;/h2-6,11-13,15H,7-10,20H2,1H3,(H,22,23);1H. The number of hydrogen-bond donors (Lipinski definition) is 2. The Kier molecular flexibility index (Phi) is 7.75. The number of nitrogens with two attached hydrogens (primary N) is 1. The monoisotopic (exact) mass is 393 g/mol. The molecule has 5 nitrogen and oxygen atoms in total. The molecule has 3 rings (SSSR count). The van der Waals surface area contributed by atoms with E-state index >= 15 is 0 Å². The number of nitrogens with one attached hydrogen (secondary N) is 1. The van der Waals surface area contributed by atoms with Crippen LogP contribution in [0.15, 0.2) is 47.6 Å². The molecule has 1 aliphatic carbocycles. The van der Waals surface area contributed by atoms with E-state index in [0.717, 1.165) is 25.7 Å². The number of hydrogen-bond acceptors (Lipinski definition) is 5. The molecule has 1 aliphatic rings. The summed E-state index contributed by atoms with van der Waals surface area (Å²) < 4.78 is 0. The molecule has 1 fully saturated rings. The second-order valence-corrected chi connectivity index (χ2v) is 7.11. The number of pyridine rings is 1. The van der Waals surface area contributed by atoms with Crippen LogP contribution in [0.25, 0.3) is 0 Å². The molecule has 0 aliphatic heterocycles. The number of carbonyl (C=O) groups is 1. The number of benzene rings is 1. The van der Waals surface area contributed by atoms with Crippen molar-refractivity contribution in [2.45, 2.75) is 42.5 Å². The van der Waals surface area contributed by atoms with Gasteiger partial charge in [-0.2, -0.15) is 5.48 Å². The quantitative estimate of drug-likeness (QED) is 0.594. The van der Waals surface area contributed by atoms with Gasteiger partial charge in [-0.3, -0.25) is 9.78 Å². The molecule has 0 atom stereocenters. The molecule has 1 aromatic carbocycles. The van der Waals surface area contributed by atoms with Crippen molar-refractivity contribution in [3.63, 3.8) is 0 Å². The third kappa shape index (κ3) is 4.90. The molecule has 0 spiro atoms. The fraction of sp³-hybridized carbons (Fsp3) is 0.368. The molecule has 1 saturated carbocycles. The van der Waals surface area contributed by atoms with Crippen LogP contribution in [0, 0.1) is 0 Å². The van der Waals surface area contributed by atoms with Crippen LogP contribution in [-0.2, 0) is 0 Å². The summed E-state index contributed by atoms with van der Waals surface area (Å²) in [6.07, 6.45) is 9.35. The lowest BCUT2D eigenvalue weighted by Crippen LogP contribution is -2.29. The number of carbonyl (C=O) groups excluding carboxylic acids is 1. The topological polar surface area (TPSA) is 77.2 Å². The summed E-state index contributed by atoms with van der Waals surface area (Å²) in [5, 5.41) is 0. The normalized spacial score (nSPS) is 19.3. The molecule has 0 bridgehead atoms. The summed E-state index contributed by atoms with van der Waals surface area (Å²) in [5.41, 5.74) is 10.2. The van der Waals surface area contributed by atoms with Gasteiger partial charge in [0.1, 0.15) is 0 Å². The average Bonchev–Trinajstić information content (AvgIpc) is 2.67. The van der Waals surface area contributed by atoms with E-state index in [-0.39, 0.29) is 18.3 Å². The summed E-state index contributed by atoms with van der Waals surface area (Å²) in [7, 11) is 0. The molecular formula is C19H24ClN3O2S. The van der Waals surface area contributed by atoms with E-state index in [0.29, 0.717) is 23.3 Å². The number of rotatable bonds is 5. The molecule has 0 unspecified atom stereocenters. The highest BCUT2D eigenvalue weighted by molar-refractivity contribution is 7.98. The number of nitrogens with zero attached hydrogens (tertiary/aromatic N) is 1. The molecule has 1 amide bonds. The van der Waals surface area contributed by atoms with Gasteiger partial charge in [-0.1, -0.05) is 6.07 Å². The number of aromatic nitrogens is 1.